The molecular weight excluding hydrogens is 238 g/mol. The van der Waals surface area contributed by atoms with E-state index in [1.807, 2.05) is 13.8 Å². The van der Waals surface area contributed by atoms with Gasteiger partial charge in [-0.1, -0.05) is 39.5 Å². The normalized spacial score (nSPS) is 19.6. The van der Waals surface area contributed by atoms with Crippen LogP contribution in [0.15, 0.2) is 0 Å². The minimum Gasteiger partial charge on any atom is -0.368 e. The fourth-order valence-corrected chi connectivity index (χ4v) is 2.92. The van der Waals surface area contributed by atoms with Crippen LogP contribution in [0.3, 0.4) is 0 Å². The summed E-state index contributed by atoms with van der Waals surface area (Å²) in [6, 6.07) is 0.781. The Kier molecular flexibility index (Phi) is 7.39. The highest BCUT2D eigenvalue weighted by Crippen LogP contribution is 2.21. The predicted octanol–water partition coefficient (Wildman–Crippen LogP) is 1.88. The summed E-state index contributed by atoms with van der Waals surface area (Å²) in [5.41, 5.74) is 5.45. The van der Waals surface area contributed by atoms with Crippen LogP contribution in [0.5, 0.6) is 0 Å². The van der Waals surface area contributed by atoms with Crippen molar-refractivity contribution in [1.82, 2.24) is 10.2 Å². The Labute approximate surface area is 118 Å². The van der Waals surface area contributed by atoms with Crippen LogP contribution in [0.1, 0.15) is 58.8 Å². The van der Waals surface area contributed by atoms with Crippen LogP contribution < -0.4 is 11.1 Å². The predicted molar refractivity (Wildman–Crippen MR) is 80.0 cm³/mol. The Hall–Kier alpha value is -0.610. The first-order chi connectivity index (χ1) is 9.00. The third-order valence-electron chi connectivity index (χ3n) is 4.10. The number of hydrogen-bond acceptors (Lipinski definition) is 3. The van der Waals surface area contributed by atoms with Gasteiger partial charge < -0.3 is 16.0 Å². The van der Waals surface area contributed by atoms with Crippen molar-refractivity contribution in [3.05, 3.63) is 0 Å². The first kappa shape index (κ1) is 16.4. The highest BCUT2D eigenvalue weighted by molar-refractivity contribution is 5.79. The molecule has 1 amide bonds. The molecule has 0 spiro atoms. The Morgan fingerprint density at radius 2 is 1.84 bits per heavy atom. The van der Waals surface area contributed by atoms with E-state index in [1.54, 1.807) is 0 Å². The third kappa shape index (κ3) is 6.39. The second kappa shape index (κ2) is 8.54. The number of nitrogens with one attached hydrogen (secondary N) is 1. The highest BCUT2D eigenvalue weighted by Gasteiger charge is 2.20. The molecule has 1 rings (SSSR count). The number of nitrogens with two attached hydrogens (primary N) is 1. The van der Waals surface area contributed by atoms with E-state index in [-0.39, 0.29) is 11.9 Å². The largest absolute Gasteiger partial charge is 0.368 e. The zero-order chi connectivity index (χ0) is 14.3. The Balaban J connectivity index is 2.37. The van der Waals surface area contributed by atoms with E-state index in [0.717, 1.165) is 13.0 Å². The topological polar surface area (TPSA) is 58.4 Å². The monoisotopic (exact) mass is 269 g/mol. The van der Waals surface area contributed by atoms with Crippen LogP contribution in [0.25, 0.3) is 0 Å². The van der Waals surface area contributed by atoms with Gasteiger partial charge in [-0.2, -0.15) is 0 Å². The van der Waals surface area contributed by atoms with Gasteiger partial charge in [-0.25, -0.2) is 0 Å². The van der Waals surface area contributed by atoms with E-state index in [2.05, 4.69) is 17.3 Å². The number of rotatable bonds is 7. The maximum Gasteiger partial charge on any atom is 0.234 e. The van der Waals surface area contributed by atoms with Gasteiger partial charge in [-0.3, -0.25) is 4.79 Å². The molecule has 19 heavy (non-hydrogen) atoms. The van der Waals surface area contributed by atoms with Gasteiger partial charge in [0.25, 0.3) is 0 Å². The maximum absolute atomic E-state index is 11.4. The molecule has 4 heteroatoms. The van der Waals surface area contributed by atoms with Crippen molar-refractivity contribution < 1.29 is 4.79 Å². The second-order valence-electron chi connectivity index (χ2n) is 6.19. The first-order valence-electron chi connectivity index (χ1n) is 7.76. The average molecular weight is 269 g/mol. The molecule has 1 aliphatic carbocycles. The molecule has 112 valence electrons. The minimum atomic E-state index is -0.233. The summed E-state index contributed by atoms with van der Waals surface area (Å²) < 4.78 is 0. The van der Waals surface area contributed by atoms with Gasteiger partial charge in [-0.15, -0.1) is 0 Å². The van der Waals surface area contributed by atoms with E-state index < -0.39 is 0 Å². The van der Waals surface area contributed by atoms with Crippen molar-refractivity contribution >= 4 is 5.91 Å². The molecular formula is C15H31N3O. The van der Waals surface area contributed by atoms with Crippen LogP contribution in [0.2, 0.25) is 0 Å². The van der Waals surface area contributed by atoms with E-state index in [0.29, 0.717) is 12.1 Å². The molecule has 1 atom stereocenters. The van der Waals surface area contributed by atoms with Crippen LogP contribution >= 0.6 is 0 Å². The number of carbonyl (C=O) groups excluding carboxylic acids is 1. The lowest BCUT2D eigenvalue weighted by Crippen LogP contribution is -2.46. The standard InChI is InChI=1S/C15H31N3O/c1-12(2)17-14(15(16)19)10-11-18(3)13-8-6-4-5-7-9-13/h12-14,17H,4-11H2,1-3H3,(H2,16,19). The fourth-order valence-electron chi connectivity index (χ4n) is 2.92. The molecule has 1 aliphatic rings. The molecule has 3 N–H and O–H groups in total. The van der Waals surface area contributed by atoms with Gasteiger partial charge in [0.15, 0.2) is 0 Å². The van der Waals surface area contributed by atoms with Crippen molar-refractivity contribution in [2.75, 3.05) is 13.6 Å². The second-order valence-corrected chi connectivity index (χ2v) is 6.19. The summed E-state index contributed by atoms with van der Waals surface area (Å²) in [6.07, 6.45) is 8.86. The Bertz CT molecular complexity index is 260. The van der Waals surface area contributed by atoms with Crippen molar-refractivity contribution in [3.8, 4) is 0 Å². The molecule has 0 bridgehead atoms. The van der Waals surface area contributed by atoms with Crippen LogP contribution in [-0.2, 0) is 4.79 Å². The zero-order valence-corrected chi connectivity index (χ0v) is 12.8. The number of primary amides is 1. The minimum absolute atomic E-state index is 0.201. The summed E-state index contributed by atoms with van der Waals surface area (Å²) in [5.74, 6) is -0.233. The number of carbonyl (C=O) groups is 1. The number of nitrogens with zero attached hydrogens (tertiary/aromatic N) is 1. The molecule has 1 unspecified atom stereocenters. The summed E-state index contributed by atoms with van der Waals surface area (Å²) >= 11 is 0. The lowest BCUT2D eigenvalue weighted by molar-refractivity contribution is -0.120. The molecule has 0 aliphatic heterocycles. The van der Waals surface area contributed by atoms with Crippen molar-refractivity contribution in [2.24, 2.45) is 5.73 Å². The SMILES string of the molecule is CC(C)NC(CCN(C)C1CCCCCC1)C(N)=O. The smallest absolute Gasteiger partial charge is 0.234 e. The molecule has 4 nitrogen and oxygen atoms in total. The van der Waals surface area contributed by atoms with Gasteiger partial charge in [0.1, 0.15) is 0 Å². The van der Waals surface area contributed by atoms with E-state index in [4.69, 9.17) is 5.73 Å². The van der Waals surface area contributed by atoms with E-state index in [9.17, 15) is 4.79 Å². The van der Waals surface area contributed by atoms with E-state index in [1.165, 1.54) is 38.5 Å². The first-order valence-corrected chi connectivity index (χ1v) is 7.76. The van der Waals surface area contributed by atoms with Crippen LogP contribution in [-0.4, -0.2) is 42.5 Å². The van der Waals surface area contributed by atoms with Gasteiger partial charge in [0, 0.05) is 18.6 Å². The Morgan fingerprint density at radius 3 is 2.32 bits per heavy atom. The van der Waals surface area contributed by atoms with Crippen molar-refractivity contribution in [2.45, 2.75) is 76.9 Å². The molecule has 0 aromatic rings. The molecule has 0 heterocycles. The third-order valence-corrected chi connectivity index (χ3v) is 4.10. The van der Waals surface area contributed by atoms with Crippen molar-refractivity contribution in [3.63, 3.8) is 0 Å². The Morgan fingerprint density at radius 1 is 1.26 bits per heavy atom. The summed E-state index contributed by atoms with van der Waals surface area (Å²) in [5, 5.41) is 3.25. The molecule has 1 saturated carbocycles. The summed E-state index contributed by atoms with van der Waals surface area (Å²) in [4.78, 5) is 13.8. The van der Waals surface area contributed by atoms with E-state index >= 15 is 0 Å². The molecule has 0 saturated heterocycles. The van der Waals surface area contributed by atoms with Gasteiger partial charge >= 0.3 is 0 Å². The maximum atomic E-state index is 11.4. The van der Waals surface area contributed by atoms with Gasteiger partial charge in [0.05, 0.1) is 6.04 Å². The molecule has 1 fully saturated rings. The summed E-state index contributed by atoms with van der Waals surface area (Å²) in [6.45, 7) is 5.04. The molecule has 0 radical (unpaired) electrons. The van der Waals surface area contributed by atoms with Crippen LogP contribution in [0, 0.1) is 0 Å². The van der Waals surface area contributed by atoms with Gasteiger partial charge in [-0.05, 0) is 26.3 Å². The number of hydrogen-bond donors (Lipinski definition) is 2. The molecule has 0 aromatic carbocycles. The highest BCUT2D eigenvalue weighted by atomic mass is 16.1. The zero-order valence-electron chi connectivity index (χ0n) is 12.8. The average Bonchev–Trinajstić information content (AvgIpc) is 2.62. The van der Waals surface area contributed by atoms with Crippen LogP contribution in [0.4, 0.5) is 0 Å². The lowest BCUT2D eigenvalue weighted by Gasteiger charge is -2.28. The summed E-state index contributed by atoms with van der Waals surface area (Å²) in [7, 11) is 2.18. The number of amides is 1. The molecule has 0 aromatic heterocycles. The lowest BCUT2D eigenvalue weighted by atomic mass is 10.1. The quantitative estimate of drug-likeness (QED) is 0.694. The van der Waals surface area contributed by atoms with Crippen molar-refractivity contribution in [1.29, 1.82) is 0 Å². The fraction of sp³-hybridized carbons (Fsp3) is 0.933. The van der Waals surface area contributed by atoms with Gasteiger partial charge in [0.2, 0.25) is 5.91 Å².